The quantitative estimate of drug-likeness (QED) is 0.818. The number of aromatic amines is 1. The summed E-state index contributed by atoms with van der Waals surface area (Å²) in [5.74, 6) is 1.44. The third-order valence-electron chi connectivity index (χ3n) is 3.69. The van der Waals surface area contributed by atoms with Gasteiger partial charge in [-0.1, -0.05) is 6.92 Å². The number of benzene rings is 1. The molecule has 0 atom stereocenters. The zero-order valence-corrected chi connectivity index (χ0v) is 11.7. The Morgan fingerprint density at radius 3 is 2.95 bits per heavy atom. The molecule has 20 heavy (non-hydrogen) atoms. The molecule has 1 saturated carbocycles. The van der Waals surface area contributed by atoms with E-state index in [1.807, 2.05) is 6.07 Å². The summed E-state index contributed by atoms with van der Waals surface area (Å²) in [4.78, 5) is 21.9. The Balaban J connectivity index is 2.01. The SMILES string of the molecule is CCCN(CC1CC1)c1nc2ccc(N)cc2c(=O)[nH]1. The summed E-state index contributed by atoms with van der Waals surface area (Å²) >= 11 is 0. The first-order valence-corrected chi connectivity index (χ1v) is 7.22. The Labute approximate surface area is 117 Å². The Bertz CT molecular complexity index is 675. The van der Waals surface area contributed by atoms with Gasteiger partial charge in [0.15, 0.2) is 0 Å². The van der Waals surface area contributed by atoms with Crippen LogP contribution in [-0.2, 0) is 0 Å². The molecule has 1 heterocycles. The van der Waals surface area contributed by atoms with Crippen LogP contribution in [0.4, 0.5) is 11.6 Å². The van der Waals surface area contributed by atoms with E-state index in [0.717, 1.165) is 25.4 Å². The first-order chi connectivity index (χ1) is 9.67. The van der Waals surface area contributed by atoms with Gasteiger partial charge in [0.1, 0.15) is 0 Å². The Hall–Kier alpha value is -2.04. The smallest absolute Gasteiger partial charge is 0.260 e. The van der Waals surface area contributed by atoms with Gasteiger partial charge >= 0.3 is 0 Å². The molecule has 1 aliphatic rings. The van der Waals surface area contributed by atoms with Gasteiger partial charge in [-0.25, -0.2) is 4.98 Å². The molecule has 0 radical (unpaired) electrons. The molecule has 2 aromatic rings. The fraction of sp³-hybridized carbons (Fsp3) is 0.467. The van der Waals surface area contributed by atoms with Gasteiger partial charge in [0.05, 0.1) is 10.9 Å². The van der Waals surface area contributed by atoms with Crippen LogP contribution in [0.3, 0.4) is 0 Å². The summed E-state index contributed by atoms with van der Waals surface area (Å²) in [6.45, 7) is 4.04. The maximum absolute atomic E-state index is 12.2. The second-order valence-electron chi connectivity index (χ2n) is 5.56. The molecule has 0 saturated heterocycles. The summed E-state index contributed by atoms with van der Waals surface area (Å²) in [6.07, 6.45) is 3.61. The summed E-state index contributed by atoms with van der Waals surface area (Å²) < 4.78 is 0. The third kappa shape index (κ3) is 2.61. The molecular weight excluding hydrogens is 252 g/mol. The molecule has 1 aromatic carbocycles. The predicted octanol–water partition coefficient (Wildman–Crippen LogP) is 2.13. The second kappa shape index (κ2) is 5.15. The summed E-state index contributed by atoms with van der Waals surface area (Å²) in [5, 5.41) is 0.552. The average molecular weight is 272 g/mol. The largest absolute Gasteiger partial charge is 0.399 e. The van der Waals surface area contributed by atoms with Gasteiger partial charge in [0.2, 0.25) is 5.95 Å². The maximum atomic E-state index is 12.2. The minimum absolute atomic E-state index is 0.116. The van der Waals surface area contributed by atoms with E-state index >= 15 is 0 Å². The van der Waals surface area contributed by atoms with E-state index < -0.39 is 0 Å². The minimum atomic E-state index is -0.116. The summed E-state index contributed by atoms with van der Waals surface area (Å²) in [6, 6.07) is 5.27. The van der Waals surface area contributed by atoms with Crippen molar-refractivity contribution in [2.75, 3.05) is 23.7 Å². The molecule has 5 nitrogen and oxygen atoms in total. The normalized spacial score (nSPS) is 14.7. The molecule has 1 fully saturated rings. The van der Waals surface area contributed by atoms with Crippen molar-refractivity contribution in [3.63, 3.8) is 0 Å². The number of hydrogen-bond acceptors (Lipinski definition) is 4. The van der Waals surface area contributed by atoms with Crippen molar-refractivity contribution in [3.05, 3.63) is 28.6 Å². The van der Waals surface area contributed by atoms with Crippen LogP contribution in [0.2, 0.25) is 0 Å². The minimum Gasteiger partial charge on any atom is -0.399 e. The number of nitrogen functional groups attached to an aromatic ring is 1. The fourth-order valence-electron chi connectivity index (χ4n) is 2.46. The zero-order valence-electron chi connectivity index (χ0n) is 11.7. The molecule has 3 N–H and O–H groups in total. The number of hydrogen-bond donors (Lipinski definition) is 2. The van der Waals surface area contributed by atoms with Gasteiger partial charge in [-0.15, -0.1) is 0 Å². The fourth-order valence-corrected chi connectivity index (χ4v) is 2.46. The molecule has 0 bridgehead atoms. The van der Waals surface area contributed by atoms with E-state index in [1.165, 1.54) is 12.8 Å². The van der Waals surface area contributed by atoms with Gasteiger partial charge in [0, 0.05) is 18.8 Å². The van der Waals surface area contributed by atoms with E-state index in [0.29, 0.717) is 22.5 Å². The molecule has 0 unspecified atom stereocenters. The van der Waals surface area contributed by atoms with Crippen molar-refractivity contribution >= 4 is 22.5 Å². The van der Waals surface area contributed by atoms with Gasteiger partial charge in [0.25, 0.3) is 5.56 Å². The topological polar surface area (TPSA) is 75.0 Å². The highest BCUT2D eigenvalue weighted by molar-refractivity contribution is 5.81. The molecule has 5 heteroatoms. The standard InChI is InChI=1S/C15H20N4O/c1-2-7-19(9-10-3-4-10)15-17-13-6-5-11(16)8-12(13)14(20)18-15/h5-6,8,10H,2-4,7,9,16H2,1H3,(H,17,18,20). The third-order valence-corrected chi connectivity index (χ3v) is 3.69. The highest BCUT2D eigenvalue weighted by atomic mass is 16.1. The van der Waals surface area contributed by atoms with Crippen LogP contribution >= 0.6 is 0 Å². The van der Waals surface area contributed by atoms with Crippen LogP contribution in [0.25, 0.3) is 10.9 Å². The summed E-state index contributed by atoms with van der Waals surface area (Å²) in [5.41, 5.74) is 6.89. The van der Waals surface area contributed by atoms with Crippen molar-refractivity contribution < 1.29 is 0 Å². The van der Waals surface area contributed by atoms with Crippen molar-refractivity contribution in [2.45, 2.75) is 26.2 Å². The number of nitrogens with zero attached hydrogens (tertiary/aromatic N) is 2. The van der Waals surface area contributed by atoms with Crippen LogP contribution in [0.15, 0.2) is 23.0 Å². The number of rotatable bonds is 5. The van der Waals surface area contributed by atoms with Crippen LogP contribution in [-0.4, -0.2) is 23.1 Å². The van der Waals surface area contributed by atoms with Crippen LogP contribution in [0.5, 0.6) is 0 Å². The van der Waals surface area contributed by atoms with Crippen LogP contribution < -0.4 is 16.2 Å². The molecule has 1 aromatic heterocycles. The van der Waals surface area contributed by atoms with E-state index in [2.05, 4.69) is 21.8 Å². The van der Waals surface area contributed by atoms with Gasteiger partial charge < -0.3 is 10.6 Å². The van der Waals surface area contributed by atoms with Crippen molar-refractivity contribution in [2.24, 2.45) is 5.92 Å². The van der Waals surface area contributed by atoms with E-state index in [9.17, 15) is 4.79 Å². The molecule has 106 valence electrons. The number of fused-ring (bicyclic) bond motifs is 1. The second-order valence-corrected chi connectivity index (χ2v) is 5.56. The molecule has 1 aliphatic carbocycles. The van der Waals surface area contributed by atoms with E-state index in [4.69, 9.17) is 5.73 Å². The Morgan fingerprint density at radius 1 is 1.45 bits per heavy atom. The van der Waals surface area contributed by atoms with E-state index in [-0.39, 0.29) is 5.56 Å². The number of H-pyrrole nitrogens is 1. The number of aromatic nitrogens is 2. The number of anilines is 2. The summed E-state index contributed by atoms with van der Waals surface area (Å²) in [7, 11) is 0. The highest BCUT2D eigenvalue weighted by Crippen LogP contribution is 2.30. The van der Waals surface area contributed by atoms with Gasteiger partial charge in [-0.05, 0) is 43.4 Å². The number of nitrogens with one attached hydrogen (secondary N) is 1. The molecular formula is C15H20N4O. The molecule has 0 amide bonds. The average Bonchev–Trinajstić information content (AvgIpc) is 3.23. The molecule has 0 aliphatic heterocycles. The molecule has 0 spiro atoms. The predicted molar refractivity (Wildman–Crippen MR) is 82.0 cm³/mol. The Morgan fingerprint density at radius 2 is 2.25 bits per heavy atom. The lowest BCUT2D eigenvalue weighted by atomic mass is 10.2. The van der Waals surface area contributed by atoms with Crippen LogP contribution in [0, 0.1) is 5.92 Å². The Kier molecular flexibility index (Phi) is 3.34. The lowest BCUT2D eigenvalue weighted by Crippen LogP contribution is -2.30. The maximum Gasteiger partial charge on any atom is 0.260 e. The van der Waals surface area contributed by atoms with Crippen molar-refractivity contribution in [1.82, 2.24) is 9.97 Å². The van der Waals surface area contributed by atoms with Crippen molar-refractivity contribution in [3.8, 4) is 0 Å². The zero-order chi connectivity index (χ0) is 14.1. The first kappa shape index (κ1) is 13.0. The monoisotopic (exact) mass is 272 g/mol. The lowest BCUT2D eigenvalue weighted by Gasteiger charge is -2.22. The first-order valence-electron chi connectivity index (χ1n) is 7.22. The van der Waals surface area contributed by atoms with Crippen LogP contribution in [0.1, 0.15) is 26.2 Å². The molecule has 3 rings (SSSR count). The van der Waals surface area contributed by atoms with Gasteiger partial charge in [-0.2, -0.15) is 0 Å². The highest BCUT2D eigenvalue weighted by Gasteiger charge is 2.25. The lowest BCUT2D eigenvalue weighted by molar-refractivity contribution is 0.689. The van der Waals surface area contributed by atoms with E-state index in [1.54, 1.807) is 12.1 Å². The number of nitrogens with two attached hydrogens (primary N) is 1. The van der Waals surface area contributed by atoms with Gasteiger partial charge in [-0.3, -0.25) is 9.78 Å². The van der Waals surface area contributed by atoms with Crippen molar-refractivity contribution in [1.29, 1.82) is 0 Å².